The van der Waals surface area contributed by atoms with Gasteiger partial charge in [0.2, 0.25) is 5.91 Å². The number of carbonyl (C=O) groups is 1. The zero-order valence-corrected chi connectivity index (χ0v) is 9.48. The summed E-state index contributed by atoms with van der Waals surface area (Å²) in [5, 5.41) is 0. The topological polar surface area (TPSA) is 73.8 Å². The number of alkyl halides is 1. The standard InChI is InChI=1S/C10H11ClN4O/c1-6(9(12)16)15-8(5-11)14-7-3-2-4-13-10(7)15/h2-4,6H,5H2,1H3,(H2,12,16). The van der Waals surface area contributed by atoms with Gasteiger partial charge in [-0.3, -0.25) is 9.36 Å². The molecule has 0 saturated carbocycles. The molecule has 0 aromatic carbocycles. The molecule has 1 unspecified atom stereocenters. The molecule has 0 spiro atoms. The van der Waals surface area contributed by atoms with E-state index >= 15 is 0 Å². The number of amides is 1. The van der Waals surface area contributed by atoms with Gasteiger partial charge in [0.05, 0.1) is 5.88 Å². The number of hydrogen-bond acceptors (Lipinski definition) is 3. The lowest BCUT2D eigenvalue weighted by molar-refractivity contribution is -0.120. The molecule has 2 aromatic heterocycles. The van der Waals surface area contributed by atoms with Gasteiger partial charge >= 0.3 is 0 Å². The lowest BCUT2D eigenvalue weighted by atomic mass is 10.3. The maximum atomic E-state index is 11.2. The van der Waals surface area contributed by atoms with Crippen molar-refractivity contribution in [2.24, 2.45) is 5.73 Å². The van der Waals surface area contributed by atoms with Crippen molar-refractivity contribution in [1.29, 1.82) is 0 Å². The molecule has 0 saturated heterocycles. The molecule has 0 aliphatic heterocycles. The normalized spacial score (nSPS) is 12.9. The predicted molar refractivity (Wildman–Crippen MR) is 61.0 cm³/mol. The number of pyridine rings is 1. The Bertz CT molecular complexity index is 537. The van der Waals surface area contributed by atoms with Gasteiger partial charge in [-0.25, -0.2) is 9.97 Å². The van der Waals surface area contributed by atoms with E-state index in [1.807, 2.05) is 6.07 Å². The van der Waals surface area contributed by atoms with Crippen molar-refractivity contribution in [2.45, 2.75) is 18.8 Å². The van der Waals surface area contributed by atoms with Crippen LogP contribution in [-0.4, -0.2) is 20.4 Å². The summed E-state index contributed by atoms with van der Waals surface area (Å²) in [5.41, 5.74) is 6.63. The highest BCUT2D eigenvalue weighted by Gasteiger charge is 2.19. The highest BCUT2D eigenvalue weighted by atomic mass is 35.5. The minimum atomic E-state index is -0.506. The van der Waals surface area contributed by atoms with E-state index in [9.17, 15) is 4.79 Å². The Morgan fingerprint density at radius 2 is 2.44 bits per heavy atom. The Kier molecular flexibility index (Phi) is 2.78. The van der Waals surface area contributed by atoms with E-state index in [0.29, 0.717) is 17.0 Å². The van der Waals surface area contributed by atoms with Crippen LogP contribution in [0.25, 0.3) is 11.2 Å². The highest BCUT2D eigenvalue weighted by Crippen LogP contribution is 2.20. The molecule has 2 N–H and O–H groups in total. The van der Waals surface area contributed by atoms with Gasteiger partial charge in [0.25, 0.3) is 0 Å². The number of halogens is 1. The fourth-order valence-corrected chi connectivity index (χ4v) is 1.79. The summed E-state index contributed by atoms with van der Waals surface area (Å²) in [7, 11) is 0. The first kappa shape index (κ1) is 10.9. The van der Waals surface area contributed by atoms with Crippen molar-refractivity contribution < 1.29 is 4.79 Å². The van der Waals surface area contributed by atoms with Crippen LogP contribution in [0.1, 0.15) is 18.8 Å². The van der Waals surface area contributed by atoms with Gasteiger partial charge < -0.3 is 5.73 Å². The molecule has 0 bridgehead atoms. The fourth-order valence-electron chi connectivity index (χ4n) is 1.60. The van der Waals surface area contributed by atoms with Crippen LogP contribution < -0.4 is 5.73 Å². The van der Waals surface area contributed by atoms with Crippen LogP contribution >= 0.6 is 11.6 Å². The SMILES string of the molecule is CC(C(N)=O)n1c(CCl)nc2cccnc21. The van der Waals surface area contributed by atoms with Gasteiger partial charge in [0, 0.05) is 6.20 Å². The zero-order chi connectivity index (χ0) is 11.7. The molecule has 6 heteroatoms. The summed E-state index contributed by atoms with van der Waals surface area (Å²) in [5.74, 6) is 0.381. The number of aromatic nitrogens is 3. The molecule has 2 heterocycles. The molecule has 1 amide bonds. The molecule has 0 fully saturated rings. The molecule has 16 heavy (non-hydrogen) atoms. The summed E-state index contributed by atoms with van der Waals surface area (Å²) in [6.07, 6.45) is 1.65. The largest absolute Gasteiger partial charge is 0.368 e. The second kappa shape index (κ2) is 4.09. The van der Waals surface area contributed by atoms with Crippen molar-refractivity contribution >= 4 is 28.7 Å². The number of fused-ring (bicyclic) bond motifs is 1. The number of hydrogen-bond donors (Lipinski definition) is 1. The van der Waals surface area contributed by atoms with Crippen molar-refractivity contribution in [1.82, 2.24) is 14.5 Å². The molecule has 2 rings (SSSR count). The first-order valence-corrected chi connectivity index (χ1v) is 5.35. The Labute approximate surface area is 97.2 Å². The zero-order valence-electron chi connectivity index (χ0n) is 8.72. The van der Waals surface area contributed by atoms with Crippen LogP contribution in [0.2, 0.25) is 0 Å². The third-order valence-corrected chi connectivity index (χ3v) is 2.68. The second-order valence-electron chi connectivity index (χ2n) is 3.46. The van der Waals surface area contributed by atoms with E-state index < -0.39 is 11.9 Å². The summed E-state index contributed by atoms with van der Waals surface area (Å²) in [6.45, 7) is 1.70. The summed E-state index contributed by atoms with van der Waals surface area (Å²) in [6, 6.07) is 3.10. The van der Waals surface area contributed by atoms with Gasteiger partial charge in [-0.2, -0.15) is 0 Å². The molecule has 84 valence electrons. The van der Waals surface area contributed by atoms with E-state index in [1.54, 1.807) is 23.8 Å². The highest BCUT2D eigenvalue weighted by molar-refractivity contribution is 6.16. The molecule has 5 nitrogen and oxygen atoms in total. The van der Waals surface area contributed by atoms with Crippen LogP contribution in [0.15, 0.2) is 18.3 Å². The molecule has 1 atom stereocenters. The van der Waals surface area contributed by atoms with Gasteiger partial charge in [0.1, 0.15) is 17.4 Å². The third kappa shape index (κ3) is 1.63. The number of rotatable bonds is 3. The molecular weight excluding hydrogens is 228 g/mol. The first-order valence-electron chi connectivity index (χ1n) is 4.82. The number of carbonyl (C=O) groups excluding carboxylic acids is 1. The van der Waals surface area contributed by atoms with Gasteiger partial charge in [0.15, 0.2) is 5.65 Å². The van der Waals surface area contributed by atoms with Crippen molar-refractivity contribution in [2.75, 3.05) is 0 Å². The molecule has 0 aliphatic carbocycles. The number of nitrogens with two attached hydrogens (primary N) is 1. The smallest absolute Gasteiger partial charge is 0.240 e. The average molecular weight is 239 g/mol. The Morgan fingerprint density at radius 1 is 1.69 bits per heavy atom. The summed E-state index contributed by atoms with van der Waals surface area (Å²) < 4.78 is 1.67. The quantitative estimate of drug-likeness (QED) is 0.817. The predicted octanol–water partition coefficient (Wildman–Crippen LogP) is 1.22. The van der Waals surface area contributed by atoms with Crippen LogP contribution in [-0.2, 0) is 10.7 Å². The number of nitrogens with zero attached hydrogens (tertiary/aromatic N) is 3. The van der Waals surface area contributed by atoms with Crippen molar-refractivity contribution in [3.05, 3.63) is 24.2 Å². The Balaban J connectivity index is 2.69. The van der Waals surface area contributed by atoms with E-state index in [4.69, 9.17) is 17.3 Å². The second-order valence-corrected chi connectivity index (χ2v) is 3.72. The third-order valence-electron chi connectivity index (χ3n) is 2.44. The first-order chi connectivity index (χ1) is 7.65. The minimum absolute atomic E-state index is 0.216. The van der Waals surface area contributed by atoms with Crippen LogP contribution in [0.4, 0.5) is 0 Å². The van der Waals surface area contributed by atoms with E-state index in [2.05, 4.69) is 9.97 Å². The summed E-state index contributed by atoms with van der Waals surface area (Å²) >= 11 is 5.79. The maximum Gasteiger partial charge on any atom is 0.240 e. The lowest BCUT2D eigenvalue weighted by Crippen LogP contribution is -2.25. The number of primary amides is 1. The van der Waals surface area contributed by atoms with Crippen LogP contribution in [0.5, 0.6) is 0 Å². The van der Waals surface area contributed by atoms with Crippen LogP contribution in [0.3, 0.4) is 0 Å². The fraction of sp³-hybridized carbons (Fsp3) is 0.300. The Morgan fingerprint density at radius 3 is 3.06 bits per heavy atom. The van der Waals surface area contributed by atoms with Gasteiger partial charge in [-0.05, 0) is 19.1 Å². The molecule has 0 aliphatic rings. The monoisotopic (exact) mass is 238 g/mol. The van der Waals surface area contributed by atoms with E-state index in [1.165, 1.54) is 0 Å². The minimum Gasteiger partial charge on any atom is -0.368 e. The maximum absolute atomic E-state index is 11.2. The average Bonchev–Trinajstić information content (AvgIpc) is 2.66. The molecular formula is C10H11ClN4O. The molecule has 2 aromatic rings. The van der Waals surface area contributed by atoms with E-state index in [-0.39, 0.29) is 5.88 Å². The van der Waals surface area contributed by atoms with Gasteiger partial charge in [-0.15, -0.1) is 11.6 Å². The van der Waals surface area contributed by atoms with Crippen molar-refractivity contribution in [3.8, 4) is 0 Å². The van der Waals surface area contributed by atoms with Crippen molar-refractivity contribution in [3.63, 3.8) is 0 Å². The molecule has 0 radical (unpaired) electrons. The number of imidazole rings is 1. The van der Waals surface area contributed by atoms with E-state index in [0.717, 1.165) is 0 Å². The lowest BCUT2D eigenvalue weighted by Gasteiger charge is -2.12. The Hall–Kier alpha value is -1.62. The van der Waals surface area contributed by atoms with Gasteiger partial charge in [-0.1, -0.05) is 0 Å². The summed E-state index contributed by atoms with van der Waals surface area (Å²) in [4.78, 5) is 19.7. The van der Waals surface area contributed by atoms with Crippen LogP contribution in [0, 0.1) is 0 Å².